The first-order chi connectivity index (χ1) is 15.0. The maximum atomic E-state index is 12.7. The second-order valence-corrected chi connectivity index (χ2v) is 8.74. The van der Waals surface area contributed by atoms with E-state index >= 15 is 0 Å². The quantitative estimate of drug-likeness (QED) is 0.753. The molecule has 1 saturated heterocycles. The summed E-state index contributed by atoms with van der Waals surface area (Å²) in [4.78, 5) is 11.3. The summed E-state index contributed by atoms with van der Waals surface area (Å²) >= 11 is 0. The summed E-state index contributed by atoms with van der Waals surface area (Å²) < 4.78 is 35.4. The van der Waals surface area contributed by atoms with E-state index in [2.05, 4.69) is 33.7 Å². The number of rotatable bonds is 6. The predicted molar refractivity (Wildman–Crippen MR) is 113 cm³/mol. The maximum absolute atomic E-state index is 12.7. The van der Waals surface area contributed by atoms with Gasteiger partial charge in [-0.05, 0) is 60.8 Å². The van der Waals surface area contributed by atoms with Crippen molar-refractivity contribution < 1.29 is 18.3 Å². The number of ether oxygens (including phenoxy) is 2. The highest BCUT2D eigenvalue weighted by molar-refractivity contribution is 5.65. The van der Waals surface area contributed by atoms with E-state index in [1.165, 1.54) is 24.5 Å². The molecule has 8 heteroatoms. The number of halogens is 2. The van der Waals surface area contributed by atoms with E-state index < -0.39 is 6.61 Å². The fourth-order valence-corrected chi connectivity index (χ4v) is 5.47. The van der Waals surface area contributed by atoms with E-state index in [1.807, 2.05) is 0 Å². The number of aryl methyl sites for hydroxylation is 1. The molecule has 0 radical (unpaired) electrons. The second-order valence-electron chi connectivity index (χ2n) is 8.74. The first-order valence-electron chi connectivity index (χ1n) is 11.1. The molecule has 0 aromatic carbocycles. The standard InChI is InChI=1S/C23H28F2N4O2/c1-2-15-7-13(21-17-10-16(11-18(17)21)29-3-5-30-6-4-29)8-19(28-15)14-9-20(31-23(24)25)22(26)27-12-14/h7-9,12,16-18,21,23H,2-6,10-11H2,1H3,(H2,26,27)/t16?,17-,18+,21+. The number of nitrogens with zero attached hydrogens (tertiary/aromatic N) is 3. The lowest BCUT2D eigenvalue weighted by Gasteiger charge is -2.33. The third kappa shape index (κ3) is 4.11. The minimum atomic E-state index is -2.95. The molecule has 5 rings (SSSR count). The van der Waals surface area contributed by atoms with Gasteiger partial charge in [0.1, 0.15) is 0 Å². The molecule has 2 aromatic rings. The zero-order valence-electron chi connectivity index (χ0n) is 17.6. The molecular formula is C23H28F2N4O2. The number of nitrogens with two attached hydrogens (primary N) is 1. The summed E-state index contributed by atoms with van der Waals surface area (Å²) in [5.41, 5.74) is 9.36. The summed E-state index contributed by atoms with van der Waals surface area (Å²) in [6.07, 6.45) is 4.86. The predicted octanol–water partition coefficient (Wildman–Crippen LogP) is 3.71. The van der Waals surface area contributed by atoms with Crippen LogP contribution in [0.4, 0.5) is 14.6 Å². The Labute approximate surface area is 180 Å². The van der Waals surface area contributed by atoms with Crippen molar-refractivity contribution >= 4 is 5.82 Å². The van der Waals surface area contributed by atoms with Crippen LogP contribution in [0.2, 0.25) is 0 Å². The Morgan fingerprint density at radius 3 is 2.61 bits per heavy atom. The highest BCUT2D eigenvalue weighted by atomic mass is 19.3. The molecule has 1 unspecified atom stereocenters. The average molecular weight is 430 g/mol. The number of anilines is 1. The van der Waals surface area contributed by atoms with Gasteiger partial charge in [0.2, 0.25) is 0 Å². The zero-order chi connectivity index (χ0) is 21.5. The van der Waals surface area contributed by atoms with Crippen LogP contribution in [-0.2, 0) is 11.2 Å². The Morgan fingerprint density at radius 2 is 1.94 bits per heavy atom. The summed E-state index contributed by atoms with van der Waals surface area (Å²) in [5.74, 6) is 1.82. The Balaban J connectivity index is 1.36. The molecule has 2 aromatic heterocycles. The average Bonchev–Trinajstić information content (AvgIpc) is 3.28. The van der Waals surface area contributed by atoms with E-state index in [9.17, 15) is 8.78 Å². The van der Waals surface area contributed by atoms with Gasteiger partial charge in [-0.3, -0.25) is 9.88 Å². The monoisotopic (exact) mass is 430 g/mol. The Kier molecular flexibility index (Phi) is 5.52. The fourth-order valence-electron chi connectivity index (χ4n) is 5.47. The van der Waals surface area contributed by atoms with Crippen molar-refractivity contribution in [3.63, 3.8) is 0 Å². The number of hydrogen-bond donors (Lipinski definition) is 1. The summed E-state index contributed by atoms with van der Waals surface area (Å²) in [6.45, 7) is 2.90. The van der Waals surface area contributed by atoms with Gasteiger partial charge < -0.3 is 15.2 Å². The highest BCUT2D eigenvalue weighted by Crippen LogP contribution is 2.64. The number of hydrogen-bond acceptors (Lipinski definition) is 6. The van der Waals surface area contributed by atoms with Crippen molar-refractivity contribution in [2.75, 3.05) is 32.0 Å². The molecule has 2 aliphatic carbocycles. The number of pyridine rings is 2. The molecule has 6 nitrogen and oxygen atoms in total. The van der Waals surface area contributed by atoms with E-state index in [4.69, 9.17) is 15.5 Å². The van der Waals surface area contributed by atoms with Crippen LogP contribution >= 0.6 is 0 Å². The van der Waals surface area contributed by atoms with E-state index in [0.717, 1.165) is 55.9 Å². The number of alkyl halides is 2. The first-order valence-corrected chi connectivity index (χ1v) is 11.1. The summed E-state index contributed by atoms with van der Waals surface area (Å²) in [5, 5.41) is 0. The maximum Gasteiger partial charge on any atom is 0.387 e. The highest BCUT2D eigenvalue weighted by Gasteiger charge is 2.57. The van der Waals surface area contributed by atoms with Gasteiger partial charge in [0.15, 0.2) is 11.6 Å². The second kappa shape index (κ2) is 8.31. The molecule has 3 heterocycles. The number of fused-ring (bicyclic) bond motifs is 1. The molecule has 166 valence electrons. The third-order valence-electron chi connectivity index (χ3n) is 7.02. The fraction of sp³-hybridized carbons (Fsp3) is 0.565. The van der Waals surface area contributed by atoms with E-state index in [-0.39, 0.29) is 11.6 Å². The molecule has 1 aliphatic heterocycles. The van der Waals surface area contributed by atoms with Crippen LogP contribution in [0, 0.1) is 11.8 Å². The van der Waals surface area contributed by atoms with Crippen molar-refractivity contribution in [3.8, 4) is 17.0 Å². The van der Waals surface area contributed by atoms with Gasteiger partial charge in [-0.2, -0.15) is 8.78 Å². The molecule has 31 heavy (non-hydrogen) atoms. The smallest absolute Gasteiger partial charge is 0.387 e. The third-order valence-corrected chi connectivity index (χ3v) is 7.02. The lowest BCUT2D eigenvalue weighted by atomic mass is 9.97. The van der Waals surface area contributed by atoms with E-state index in [0.29, 0.717) is 17.5 Å². The molecule has 4 atom stereocenters. The summed E-state index contributed by atoms with van der Waals surface area (Å²) in [6, 6.07) is 6.47. The van der Waals surface area contributed by atoms with Crippen molar-refractivity contribution in [2.45, 2.75) is 44.8 Å². The minimum absolute atomic E-state index is 0.0539. The van der Waals surface area contributed by atoms with Gasteiger partial charge in [-0.25, -0.2) is 4.98 Å². The first kappa shape index (κ1) is 20.6. The van der Waals surface area contributed by atoms with Crippen molar-refractivity contribution in [3.05, 3.63) is 35.7 Å². The molecule has 0 amide bonds. The van der Waals surface area contributed by atoms with Crippen LogP contribution in [0.1, 0.15) is 36.9 Å². The molecule has 2 N–H and O–H groups in total. The Morgan fingerprint density at radius 1 is 1.19 bits per heavy atom. The normalized spacial score (nSPS) is 28.0. The lowest BCUT2D eigenvalue weighted by molar-refractivity contribution is -0.0494. The topological polar surface area (TPSA) is 73.5 Å². The van der Waals surface area contributed by atoms with Gasteiger partial charge in [0.25, 0.3) is 0 Å². The van der Waals surface area contributed by atoms with Gasteiger partial charge in [-0.15, -0.1) is 0 Å². The van der Waals surface area contributed by atoms with Crippen LogP contribution < -0.4 is 10.5 Å². The molecular weight excluding hydrogens is 402 g/mol. The summed E-state index contributed by atoms with van der Waals surface area (Å²) in [7, 11) is 0. The molecule has 3 fully saturated rings. The Bertz CT molecular complexity index is 939. The minimum Gasteiger partial charge on any atom is -0.431 e. The molecule has 0 spiro atoms. The van der Waals surface area contributed by atoms with Crippen LogP contribution in [0.5, 0.6) is 5.75 Å². The lowest BCUT2D eigenvalue weighted by Crippen LogP contribution is -2.43. The van der Waals surface area contributed by atoms with Gasteiger partial charge >= 0.3 is 6.61 Å². The van der Waals surface area contributed by atoms with Crippen LogP contribution in [0.15, 0.2) is 24.4 Å². The Hall–Kier alpha value is -2.32. The van der Waals surface area contributed by atoms with Crippen molar-refractivity contribution in [1.29, 1.82) is 0 Å². The molecule has 2 saturated carbocycles. The molecule has 0 bridgehead atoms. The van der Waals surface area contributed by atoms with Crippen LogP contribution in [-0.4, -0.2) is 53.8 Å². The van der Waals surface area contributed by atoms with Crippen molar-refractivity contribution in [2.24, 2.45) is 11.8 Å². The zero-order valence-corrected chi connectivity index (χ0v) is 17.6. The van der Waals surface area contributed by atoms with Gasteiger partial charge in [0, 0.05) is 36.6 Å². The van der Waals surface area contributed by atoms with Crippen LogP contribution in [0.25, 0.3) is 11.3 Å². The van der Waals surface area contributed by atoms with Crippen molar-refractivity contribution in [1.82, 2.24) is 14.9 Å². The van der Waals surface area contributed by atoms with E-state index in [1.54, 1.807) is 6.20 Å². The van der Waals surface area contributed by atoms with Gasteiger partial charge in [0.05, 0.1) is 18.9 Å². The number of nitrogen functional groups attached to an aromatic ring is 1. The van der Waals surface area contributed by atoms with Crippen LogP contribution in [0.3, 0.4) is 0 Å². The number of aromatic nitrogens is 2. The van der Waals surface area contributed by atoms with Gasteiger partial charge in [-0.1, -0.05) is 6.92 Å². The molecule has 3 aliphatic rings. The SMILES string of the molecule is CCc1cc([C@H]2[C@@H]3CC(N4CCOCC4)C[C@@H]32)cc(-c2cnc(N)c(OC(F)F)c2)n1. The largest absolute Gasteiger partial charge is 0.431 e. The number of morpholine rings is 1.